The van der Waals surface area contributed by atoms with Gasteiger partial charge >= 0.3 is 0 Å². The molecule has 3 aliphatic rings. The average Bonchev–Trinajstić information content (AvgIpc) is 3.10. The minimum absolute atomic E-state index is 0.0130. The molecular formula is C40H50FN7O3. The van der Waals surface area contributed by atoms with Gasteiger partial charge in [-0.1, -0.05) is 38.1 Å². The first-order chi connectivity index (χ1) is 24.6. The van der Waals surface area contributed by atoms with Crippen molar-refractivity contribution < 1.29 is 18.7 Å². The van der Waals surface area contributed by atoms with Gasteiger partial charge in [0.15, 0.2) is 5.75 Å². The highest BCUT2D eigenvalue weighted by Gasteiger charge is 2.36. The maximum Gasteiger partial charge on any atom is 0.246 e. The number of aliphatic imine (C=N–C) groups is 1. The molecule has 1 atom stereocenters. The minimum atomic E-state index is -0.478. The molecule has 51 heavy (non-hydrogen) atoms. The maximum atomic E-state index is 15.9. The van der Waals surface area contributed by atoms with Crippen LogP contribution in [0.4, 0.5) is 15.8 Å². The van der Waals surface area contributed by atoms with Crippen LogP contribution in [0, 0.1) is 19.7 Å². The van der Waals surface area contributed by atoms with E-state index in [2.05, 4.69) is 34.4 Å². The Hall–Kier alpha value is -5.16. The van der Waals surface area contributed by atoms with Gasteiger partial charge in [-0.15, -0.1) is 0 Å². The van der Waals surface area contributed by atoms with Gasteiger partial charge in [0.1, 0.15) is 29.8 Å². The van der Waals surface area contributed by atoms with E-state index in [1.807, 2.05) is 82.1 Å². The van der Waals surface area contributed by atoms with E-state index in [1.165, 1.54) is 6.07 Å². The third kappa shape index (κ3) is 8.96. The van der Waals surface area contributed by atoms with Gasteiger partial charge in [-0.2, -0.15) is 5.10 Å². The number of rotatable bonds is 11. The third-order valence-electron chi connectivity index (χ3n) is 8.71. The first-order valence-electron chi connectivity index (χ1n) is 17.6. The molecule has 0 aromatic heterocycles. The fourth-order valence-electron chi connectivity index (χ4n) is 6.16. The van der Waals surface area contributed by atoms with Crippen LogP contribution in [0.15, 0.2) is 94.7 Å². The second kappa shape index (κ2) is 17.2. The van der Waals surface area contributed by atoms with Gasteiger partial charge < -0.3 is 29.5 Å². The molecule has 1 unspecified atom stereocenters. The van der Waals surface area contributed by atoms with Crippen LogP contribution < -0.4 is 19.7 Å². The first-order valence-corrected chi connectivity index (χ1v) is 17.6. The number of allylic oxidation sites excluding steroid dienone is 4. The Morgan fingerprint density at radius 1 is 1.14 bits per heavy atom. The number of amidine groups is 1. The van der Waals surface area contributed by atoms with Crippen molar-refractivity contribution in [2.24, 2.45) is 10.1 Å². The van der Waals surface area contributed by atoms with E-state index < -0.39 is 5.82 Å². The fraction of sp³-hybridized carbons (Fsp3) is 0.375. The number of aryl methyl sites for hydroxylation is 2. The van der Waals surface area contributed by atoms with Crippen molar-refractivity contribution in [1.29, 1.82) is 0 Å². The number of amides is 1. The number of nitrogens with one attached hydrogen (secondary N) is 1. The molecule has 1 amide bonds. The number of hydrogen-bond acceptors (Lipinski definition) is 8. The molecule has 0 aliphatic carbocycles. The molecule has 1 saturated heterocycles. The van der Waals surface area contributed by atoms with Crippen LogP contribution in [0.1, 0.15) is 50.3 Å². The van der Waals surface area contributed by atoms with Crippen molar-refractivity contribution in [3.05, 3.63) is 107 Å². The Bertz CT molecular complexity index is 1810. The van der Waals surface area contributed by atoms with Crippen molar-refractivity contribution in [2.75, 3.05) is 57.1 Å². The van der Waals surface area contributed by atoms with Gasteiger partial charge in [-0.3, -0.25) is 4.79 Å². The molecule has 1 N–H and O–H groups in total. The monoisotopic (exact) mass is 695 g/mol. The summed E-state index contributed by atoms with van der Waals surface area (Å²) in [5.74, 6) is 1.70. The molecule has 5 rings (SSSR count). The summed E-state index contributed by atoms with van der Waals surface area (Å²) in [6.45, 7) is 12.8. The van der Waals surface area contributed by atoms with Crippen LogP contribution in [-0.2, 0) is 4.79 Å². The number of piperazine rings is 1. The predicted molar refractivity (Wildman–Crippen MR) is 205 cm³/mol. The molecule has 2 aromatic rings. The lowest BCUT2D eigenvalue weighted by atomic mass is 10.00. The maximum absolute atomic E-state index is 15.9. The lowest BCUT2D eigenvalue weighted by Gasteiger charge is -2.46. The number of benzene rings is 2. The number of fused-ring (bicyclic) bond motifs is 3. The van der Waals surface area contributed by atoms with Crippen LogP contribution >= 0.6 is 0 Å². The van der Waals surface area contributed by atoms with Crippen LogP contribution in [0.25, 0.3) is 0 Å². The van der Waals surface area contributed by atoms with Gasteiger partial charge in [0.25, 0.3) is 0 Å². The highest BCUT2D eigenvalue weighted by atomic mass is 19.1. The van der Waals surface area contributed by atoms with E-state index in [0.29, 0.717) is 55.9 Å². The van der Waals surface area contributed by atoms with Gasteiger partial charge in [-0.05, 0) is 77.0 Å². The molecule has 1 fully saturated rings. The Morgan fingerprint density at radius 2 is 1.96 bits per heavy atom. The number of hydrazone groups is 1. The van der Waals surface area contributed by atoms with Crippen LogP contribution in [-0.4, -0.2) is 85.7 Å². The number of likely N-dealkylation sites (N-methyl/N-ethyl adjacent to an activating group) is 1. The van der Waals surface area contributed by atoms with E-state index in [-0.39, 0.29) is 17.6 Å². The van der Waals surface area contributed by atoms with Gasteiger partial charge in [-0.25, -0.2) is 14.4 Å². The number of anilines is 2. The zero-order valence-electron chi connectivity index (χ0n) is 30.8. The van der Waals surface area contributed by atoms with Gasteiger partial charge in [0.05, 0.1) is 28.7 Å². The molecule has 3 aliphatic heterocycles. The Balaban J connectivity index is 1.40. The molecule has 3 heterocycles. The van der Waals surface area contributed by atoms with E-state index in [4.69, 9.17) is 14.5 Å². The normalized spacial score (nSPS) is 18.6. The van der Waals surface area contributed by atoms with Crippen molar-refractivity contribution in [3.8, 4) is 11.5 Å². The molecule has 0 radical (unpaired) electrons. The van der Waals surface area contributed by atoms with Crippen molar-refractivity contribution in [1.82, 2.24) is 14.8 Å². The molecule has 270 valence electrons. The van der Waals surface area contributed by atoms with E-state index in [1.54, 1.807) is 35.6 Å². The predicted octanol–water partition coefficient (Wildman–Crippen LogP) is 7.14. The second-order valence-corrected chi connectivity index (χ2v) is 12.9. The summed E-state index contributed by atoms with van der Waals surface area (Å²) in [5, 5.41) is 9.43. The average molecular weight is 696 g/mol. The minimum Gasteiger partial charge on any atom is -0.488 e. The summed E-state index contributed by atoms with van der Waals surface area (Å²) < 4.78 is 28.6. The van der Waals surface area contributed by atoms with Crippen molar-refractivity contribution in [3.63, 3.8) is 0 Å². The Labute approximate surface area is 301 Å². The van der Waals surface area contributed by atoms with Crippen molar-refractivity contribution in [2.45, 2.75) is 53.5 Å². The topological polar surface area (TPSA) is 85.2 Å². The number of ether oxygens (including phenoxy) is 2. The first kappa shape index (κ1) is 37.1. The van der Waals surface area contributed by atoms with E-state index >= 15 is 4.39 Å². The lowest BCUT2D eigenvalue weighted by Crippen LogP contribution is -2.58. The number of carbonyl (C=O) groups excluding carboxylic acids is 1. The second-order valence-electron chi connectivity index (χ2n) is 12.9. The van der Waals surface area contributed by atoms with Gasteiger partial charge in [0.2, 0.25) is 5.91 Å². The molecule has 11 heteroatoms. The van der Waals surface area contributed by atoms with E-state index in [0.717, 1.165) is 40.9 Å². The molecule has 0 saturated carbocycles. The number of nitrogens with zero attached hydrogens (tertiary/aromatic N) is 6. The molecule has 10 nitrogen and oxygen atoms in total. The number of carbonyl (C=O) groups is 1. The summed E-state index contributed by atoms with van der Waals surface area (Å²) in [6, 6.07) is 7.25. The quantitative estimate of drug-likeness (QED) is 0.152. The highest BCUT2D eigenvalue weighted by Crippen LogP contribution is 2.40. The Kier molecular flexibility index (Phi) is 12.5. The Morgan fingerprint density at radius 3 is 2.71 bits per heavy atom. The summed E-state index contributed by atoms with van der Waals surface area (Å²) >= 11 is 0. The summed E-state index contributed by atoms with van der Waals surface area (Å²) in [5.41, 5.74) is 4.54. The molecular weight excluding hydrogens is 645 g/mol. The largest absolute Gasteiger partial charge is 0.488 e. The smallest absolute Gasteiger partial charge is 0.246 e. The van der Waals surface area contributed by atoms with Crippen molar-refractivity contribution >= 4 is 29.3 Å². The standard InChI is InChI=1S/C40H50FN7O3/c1-8-11-18-42-40(44-34-23-29(5)36(25-33(34)41)51-32-17-20-48(43-10-3)30(24-32)13-9-2)38-28(4)15-16-35-39(38)50-27-31-26-46(21-22-47(31)35)37(49)14-12-19-45(6)7/h10-18,20,23-25,31H,8-9,19,21-22,26-27H2,1-7H3,(H,42,44)/b14-12+,18-11+,30-13+,43-10-. The molecule has 0 bridgehead atoms. The highest BCUT2D eigenvalue weighted by molar-refractivity contribution is 6.12. The van der Waals surface area contributed by atoms with Crippen LogP contribution in [0.2, 0.25) is 0 Å². The van der Waals surface area contributed by atoms with Crippen LogP contribution in [0.3, 0.4) is 0 Å². The third-order valence-corrected chi connectivity index (χ3v) is 8.71. The number of halogens is 1. The zero-order chi connectivity index (χ0) is 36.5. The van der Waals surface area contributed by atoms with E-state index in [9.17, 15) is 4.79 Å². The summed E-state index contributed by atoms with van der Waals surface area (Å²) in [7, 11) is 3.95. The number of hydrogen-bond donors (Lipinski definition) is 1. The lowest BCUT2D eigenvalue weighted by molar-refractivity contribution is -0.127. The van der Waals surface area contributed by atoms with Gasteiger partial charge in [0, 0.05) is 63.0 Å². The van der Waals surface area contributed by atoms with Crippen LogP contribution in [0.5, 0.6) is 11.5 Å². The summed E-state index contributed by atoms with van der Waals surface area (Å²) in [4.78, 5) is 23.9. The zero-order valence-corrected chi connectivity index (χ0v) is 30.8. The fourth-order valence-corrected chi connectivity index (χ4v) is 6.16. The molecule has 0 spiro atoms. The summed E-state index contributed by atoms with van der Waals surface area (Å²) in [6.07, 6.45) is 18.2. The molecule has 2 aromatic carbocycles. The SMILES string of the molecule is C/C=N\N1C=CC(Oc2cc(F)c(NC(=N/C=C/CC)c3c(C)ccc4c3OCC3CN(C(=O)/C=C/CN(C)C)CCN43)cc2C)=C/C1=C\CC.